The summed E-state index contributed by atoms with van der Waals surface area (Å²) in [6, 6.07) is 0. The van der Waals surface area contributed by atoms with Crippen LogP contribution in [0.3, 0.4) is 0 Å². The van der Waals surface area contributed by atoms with Crippen LogP contribution in [-0.2, 0) is 33.3 Å². The smallest absolute Gasteiger partial charge is 0.331 e. The Bertz CT molecular complexity index is 1080. The number of allylic oxidation sites excluding steroid dienone is 2. The van der Waals surface area contributed by atoms with Gasteiger partial charge in [0.15, 0.2) is 0 Å². The molecule has 0 aromatic heterocycles. The molecule has 0 radical (unpaired) electrons. The van der Waals surface area contributed by atoms with Gasteiger partial charge in [-0.15, -0.1) is 0 Å². The Hall–Kier alpha value is -2.30. The predicted octanol–water partition coefficient (Wildman–Crippen LogP) is 2.31. The molecule has 5 rings (SSSR count). The van der Waals surface area contributed by atoms with Crippen molar-refractivity contribution >= 4 is 11.9 Å². The molecule has 3 heterocycles. The second-order valence-electron chi connectivity index (χ2n) is 11.5. The maximum absolute atomic E-state index is 12.9. The molecule has 208 valence electrons. The largest absolute Gasteiger partial charge is 0.462 e. The van der Waals surface area contributed by atoms with Crippen LogP contribution in [0.1, 0.15) is 47.0 Å². The summed E-state index contributed by atoms with van der Waals surface area (Å²) in [6.07, 6.45) is 7.39. The van der Waals surface area contributed by atoms with E-state index in [0.29, 0.717) is 26.1 Å². The quantitative estimate of drug-likeness (QED) is 0.299. The molecule has 38 heavy (non-hydrogen) atoms. The fourth-order valence-electron chi connectivity index (χ4n) is 6.85. The van der Waals surface area contributed by atoms with Crippen molar-refractivity contribution in [1.29, 1.82) is 0 Å². The van der Waals surface area contributed by atoms with Gasteiger partial charge in [0.05, 0.1) is 43.0 Å². The van der Waals surface area contributed by atoms with Gasteiger partial charge in [-0.3, -0.25) is 0 Å². The van der Waals surface area contributed by atoms with Crippen LogP contribution in [0, 0.1) is 10.8 Å². The van der Waals surface area contributed by atoms with Crippen LogP contribution in [0.5, 0.6) is 0 Å². The first-order valence-corrected chi connectivity index (χ1v) is 13.4. The van der Waals surface area contributed by atoms with Gasteiger partial charge in [-0.2, -0.15) is 0 Å². The summed E-state index contributed by atoms with van der Waals surface area (Å²) >= 11 is 0. The molecule has 9 nitrogen and oxygen atoms in total. The van der Waals surface area contributed by atoms with Crippen molar-refractivity contribution in [3.05, 3.63) is 47.6 Å². The van der Waals surface area contributed by atoms with Crippen molar-refractivity contribution in [2.75, 3.05) is 19.8 Å². The fourth-order valence-corrected chi connectivity index (χ4v) is 6.85. The van der Waals surface area contributed by atoms with Gasteiger partial charge in [0.25, 0.3) is 0 Å². The highest BCUT2D eigenvalue weighted by Gasteiger charge is 2.83. The number of hydrogen-bond donors (Lipinski definition) is 2. The van der Waals surface area contributed by atoms with Gasteiger partial charge in [0.1, 0.15) is 24.4 Å². The van der Waals surface area contributed by atoms with Crippen LogP contribution >= 0.6 is 0 Å². The predicted molar refractivity (Wildman–Crippen MR) is 136 cm³/mol. The second-order valence-corrected chi connectivity index (χ2v) is 11.5. The topological polar surface area (TPSA) is 124 Å². The third kappa shape index (κ3) is 4.38. The summed E-state index contributed by atoms with van der Waals surface area (Å²) in [7, 11) is 0. The molecule has 9 unspecified atom stereocenters. The zero-order chi connectivity index (χ0) is 27.3. The molecule has 1 saturated carbocycles. The Morgan fingerprint density at radius 3 is 2.58 bits per heavy atom. The Balaban J connectivity index is 1.53. The lowest BCUT2D eigenvalue weighted by atomic mass is 9.51. The van der Waals surface area contributed by atoms with Gasteiger partial charge in [0.2, 0.25) is 0 Å². The number of hydrogen-bond acceptors (Lipinski definition) is 9. The van der Waals surface area contributed by atoms with Gasteiger partial charge < -0.3 is 33.9 Å². The third-order valence-electron chi connectivity index (χ3n) is 9.33. The Morgan fingerprint density at radius 2 is 1.87 bits per heavy atom. The van der Waals surface area contributed by atoms with E-state index in [-0.39, 0.29) is 19.1 Å². The zero-order valence-corrected chi connectivity index (χ0v) is 22.4. The maximum atomic E-state index is 12.9. The lowest BCUT2D eigenvalue weighted by Gasteiger charge is -2.58. The van der Waals surface area contributed by atoms with E-state index in [2.05, 4.69) is 0 Å². The average molecular weight is 531 g/mol. The first-order valence-electron chi connectivity index (χ1n) is 13.4. The number of cyclic esters (lactones) is 1. The molecule has 2 N–H and O–H groups in total. The van der Waals surface area contributed by atoms with Crippen molar-refractivity contribution < 1.29 is 43.5 Å². The van der Waals surface area contributed by atoms with Gasteiger partial charge >= 0.3 is 11.9 Å². The molecule has 5 aliphatic rings. The third-order valence-corrected chi connectivity index (χ3v) is 9.33. The Morgan fingerprint density at radius 1 is 1.11 bits per heavy atom. The van der Waals surface area contributed by atoms with Crippen molar-refractivity contribution in [2.24, 2.45) is 10.8 Å². The van der Waals surface area contributed by atoms with E-state index in [1.54, 1.807) is 25.2 Å². The lowest BCUT2D eigenvalue weighted by molar-refractivity contribution is -0.238. The Labute approximate surface area is 223 Å². The number of carbonyl (C=O) groups excluding carboxylic acids is 2. The number of carbonyl (C=O) groups is 2. The second kappa shape index (κ2) is 10.0. The van der Waals surface area contributed by atoms with E-state index in [9.17, 15) is 19.8 Å². The molecule has 0 aromatic carbocycles. The molecule has 9 atom stereocenters. The first-order chi connectivity index (χ1) is 18.0. The molecular weight excluding hydrogens is 492 g/mol. The van der Waals surface area contributed by atoms with Gasteiger partial charge in [0, 0.05) is 24.0 Å². The molecule has 9 heteroatoms. The number of aliphatic hydroxyl groups is 2. The SMILES string of the molecule is CC1=CC(=O)OCC23CC(O)C(C)=CC2OC2CC(OC(=O)C=CC=CC(C(C)O)OCC1)C3(C)C21CO1. The lowest BCUT2D eigenvalue weighted by Crippen LogP contribution is -2.68. The number of esters is 2. The summed E-state index contributed by atoms with van der Waals surface area (Å²) in [5, 5.41) is 21.0. The highest BCUT2D eigenvalue weighted by molar-refractivity contribution is 5.83. The number of epoxide rings is 1. The highest BCUT2D eigenvalue weighted by atomic mass is 16.6. The van der Waals surface area contributed by atoms with Gasteiger partial charge in [-0.1, -0.05) is 36.8 Å². The van der Waals surface area contributed by atoms with Gasteiger partial charge in [-0.05, 0) is 39.2 Å². The maximum Gasteiger partial charge on any atom is 0.331 e. The van der Waals surface area contributed by atoms with Crippen LogP contribution in [0.2, 0.25) is 0 Å². The molecule has 2 aliphatic carbocycles. The number of ether oxygens (including phenoxy) is 5. The summed E-state index contributed by atoms with van der Waals surface area (Å²) in [4.78, 5) is 25.9. The molecule has 2 saturated heterocycles. The van der Waals surface area contributed by atoms with Crippen LogP contribution in [0.15, 0.2) is 47.6 Å². The number of aliphatic hydroxyl groups excluding tert-OH is 2. The summed E-state index contributed by atoms with van der Waals surface area (Å²) in [5.74, 6) is -1.03. The van der Waals surface area contributed by atoms with E-state index in [0.717, 1.165) is 11.1 Å². The molecule has 3 fully saturated rings. The minimum Gasteiger partial charge on any atom is -0.462 e. The molecule has 0 amide bonds. The zero-order valence-electron chi connectivity index (χ0n) is 22.4. The number of rotatable bonds is 1. The van der Waals surface area contributed by atoms with Crippen molar-refractivity contribution in [1.82, 2.24) is 0 Å². The fraction of sp³-hybridized carbons (Fsp3) is 0.655. The van der Waals surface area contributed by atoms with E-state index < -0.39 is 58.9 Å². The molecule has 3 aliphatic heterocycles. The summed E-state index contributed by atoms with van der Waals surface area (Å²) in [5.41, 5.74) is -0.755. The first kappa shape index (κ1) is 27.3. The van der Waals surface area contributed by atoms with Crippen molar-refractivity contribution in [2.45, 2.75) is 89.2 Å². The minimum atomic E-state index is -0.875. The van der Waals surface area contributed by atoms with E-state index in [4.69, 9.17) is 23.7 Å². The van der Waals surface area contributed by atoms with Crippen LogP contribution < -0.4 is 0 Å². The van der Waals surface area contributed by atoms with E-state index in [1.165, 1.54) is 12.2 Å². The van der Waals surface area contributed by atoms with Crippen molar-refractivity contribution in [3.8, 4) is 0 Å². The van der Waals surface area contributed by atoms with Crippen LogP contribution in [-0.4, -0.2) is 84.2 Å². The normalized spacial score (nSPS) is 44.2. The molecule has 2 spiro atoms. The average Bonchev–Trinajstić information content (AvgIpc) is 3.63. The molecule has 0 aromatic rings. The minimum absolute atomic E-state index is 0.0251. The van der Waals surface area contributed by atoms with Crippen LogP contribution in [0.25, 0.3) is 0 Å². The summed E-state index contributed by atoms with van der Waals surface area (Å²) in [6.45, 7) is 8.05. The van der Waals surface area contributed by atoms with Crippen LogP contribution in [0.4, 0.5) is 0 Å². The summed E-state index contributed by atoms with van der Waals surface area (Å²) < 4.78 is 30.3. The highest BCUT2D eigenvalue weighted by Crippen LogP contribution is 2.72. The monoisotopic (exact) mass is 530 g/mol. The molecule has 2 bridgehead atoms. The van der Waals surface area contributed by atoms with Gasteiger partial charge in [-0.25, -0.2) is 9.59 Å². The standard InChI is InChI=1S/C29H38O9/c1-17-9-10-34-21(19(3)30)7-5-6-8-25(32)38-22-13-24-29(16-36-29)27(22,4)28(15-35-26(33)11-17)14-20(31)18(2)12-23(28)37-24/h5-8,11-12,19-24,30-31H,9-10,13-16H2,1-4H3. The van der Waals surface area contributed by atoms with E-state index in [1.807, 2.05) is 26.8 Å². The molecular formula is C29H38O9. The van der Waals surface area contributed by atoms with Crippen molar-refractivity contribution in [3.63, 3.8) is 0 Å². The van der Waals surface area contributed by atoms with E-state index >= 15 is 0 Å². The Kier molecular flexibility index (Phi) is 7.19.